The molecule has 0 aliphatic carbocycles. The number of methoxy groups -OCH3 is 1. The molecule has 4 rings (SSSR count). The van der Waals surface area contributed by atoms with Gasteiger partial charge in [-0.2, -0.15) is 13.4 Å². The van der Waals surface area contributed by atoms with Crippen LogP contribution in [0.3, 0.4) is 0 Å². The van der Waals surface area contributed by atoms with Crippen molar-refractivity contribution in [1.29, 1.82) is 0 Å². The SMILES string of the molecule is COc1cc2c(cc1Nc1ncc(Cl)c(Nc3ccc(OS(=O)(=O)F)cc3P(C)(C)=O)n1)CN(C(F)C(F)F)CC2. The lowest BCUT2D eigenvalue weighted by molar-refractivity contribution is -0.0549. The number of alkyl halides is 3. The van der Waals surface area contributed by atoms with Crippen LogP contribution in [0.1, 0.15) is 11.1 Å². The van der Waals surface area contributed by atoms with E-state index in [9.17, 15) is 30.0 Å². The van der Waals surface area contributed by atoms with Crippen molar-refractivity contribution in [3.63, 3.8) is 0 Å². The van der Waals surface area contributed by atoms with Crippen LogP contribution >= 0.6 is 18.7 Å². The molecule has 0 saturated carbocycles. The third-order valence-corrected chi connectivity index (χ3v) is 8.31. The summed E-state index contributed by atoms with van der Waals surface area (Å²) in [5.74, 6) is 0.152. The van der Waals surface area contributed by atoms with E-state index in [0.29, 0.717) is 23.4 Å². The lowest BCUT2D eigenvalue weighted by Crippen LogP contribution is -2.40. The molecule has 1 aromatic heterocycles. The minimum Gasteiger partial charge on any atom is -0.495 e. The number of aromatic nitrogens is 2. The highest BCUT2D eigenvalue weighted by Crippen LogP contribution is 2.41. The minimum absolute atomic E-state index is 0.0337. The summed E-state index contributed by atoms with van der Waals surface area (Å²) in [4.78, 5) is 9.56. The predicted molar refractivity (Wildman–Crippen MR) is 148 cm³/mol. The van der Waals surface area contributed by atoms with E-state index in [4.69, 9.17) is 16.3 Å². The van der Waals surface area contributed by atoms with Crippen molar-refractivity contribution in [1.82, 2.24) is 14.9 Å². The molecular weight excluding hydrogens is 613 g/mol. The molecule has 0 bridgehead atoms. The first-order valence-electron chi connectivity index (χ1n) is 11.9. The molecule has 1 unspecified atom stereocenters. The van der Waals surface area contributed by atoms with Gasteiger partial charge in [-0.1, -0.05) is 15.5 Å². The van der Waals surface area contributed by atoms with Crippen LogP contribution in [-0.2, 0) is 28.0 Å². The van der Waals surface area contributed by atoms with Gasteiger partial charge in [-0.15, -0.1) is 0 Å². The average molecular weight is 638 g/mol. The zero-order valence-electron chi connectivity index (χ0n) is 21.9. The number of ether oxygens (including phenoxy) is 1. The number of fused-ring (bicyclic) bond motifs is 1. The van der Waals surface area contributed by atoms with Gasteiger partial charge in [0, 0.05) is 18.4 Å². The van der Waals surface area contributed by atoms with Gasteiger partial charge in [0.15, 0.2) is 5.82 Å². The predicted octanol–water partition coefficient (Wildman–Crippen LogP) is 5.39. The van der Waals surface area contributed by atoms with Gasteiger partial charge in [-0.05, 0) is 61.2 Å². The van der Waals surface area contributed by atoms with E-state index in [1.807, 2.05) is 0 Å². The Morgan fingerprint density at radius 1 is 1.10 bits per heavy atom. The van der Waals surface area contributed by atoms with Crippen LogP contribution in [0.4, 0.5) is 40.2 Å². The highest BCUT2D eigenvalue weighted by atomic mass is 35.5. The number of hydrogen-bond acceptors (Lipinski definition) is 10. The summed E-state index contributed by atoms with van der Waals surface area (Å²) in [6.07, 6.45) is -3.88. The van der Waals surface area contributed by atoms with Crippen molar-refractivity contribution < 1.29 is 39.0 Å². The van der Waals surface area contributed by atoms with E-state index in [0.717, 1.165) is 22.6 Å². The Morgan fingerprint density at radius 3 is 2.46 bits per heavy atom. The molecule has 10 nitrogen and oxygen atoms in total. The van der Waals surface area contributed by atoms with E-state index >= 15 is 0 Å². The molecular formula is C24H25ClF4N5O5PS. The second-order valence-corrected chi connectivity index (χ2v) is 13.9. The second kappa shape index (κ2) is 12.0. The fraction of sp³-hybridized carbons (Fsp3) is 0.333. The lowest BCUT2D eigenvalue weighted by atomic mass is 9.98. The van der Waals surface area contributed by atoms with Crippen LogP contribution in [0, 0.1) is 0 Å². The number of nitrogens with one attached hydrogen (secondary N) is 2. The molecule has 0 saturated heterocycles. The number of hydrogen-bond donors (Lipinski definition) is 2. The fourth-order valence-electron chi connectivity index (χ4n) is 4.24. The Kier molecular flexibility index (Phi) is 9.02. The van der Waals surface area contributed by atoms with Gasteiger partial charge in [0.25, 0.3) is 6.43 Å². The third-order valence-electron chi connectivity index (χ3n) is 6.11. The Hall–Kier alpha value is -3.13. The summed E-state index contributed by atoms with van der Waals surface area (Å²) in [6.45, 7) is 2.94. The summed E-state index contributed by atoms with van der Waals surface area (Å²) in [5, 5.41) is 6.12. The van der Waals surface area contributed by atoms with Crippen LogP contribution in [0.2, 0.25) is 5.02 Å². The molecule has 0 fully saturated rings. The molecule has 0 amide bonds. The molecule has 222 valence electrons. The summed E-state index contributed by atoms with van der Waals surface area (Å²) < 4.78 is 97.3. The van der Waals surface area contributed by atoms with Crippen LogP contribution in [-0.4, -0.2) is 63.0 Å². The minimum atomic E-state index is -5.30. The molecule has 2 N–H and O–H groups in total. The fourth-order valence-corrected chi connectivity index (χ4v) is 5.86. The van der Waals surface area contributed by atoms with Gasteiger partial charge in [0.1, 0.15) is 23.7 Å². The second-order valence-electron chi connectivity index (χ2n) is 9.40. The molecule has 41 heavy (non-hydrogen) atoms. The molecule has 0 spiro atoms. The van der Waals surface area contributed by atoms with Gasteiger partial charge in [0.05, 0.1) is 24.7 Å². The third kappa shape index (κ3) is 7.59. The molecule has 1 aliphatic heterocycles. The highest BCUT2D eigenvalue weighted by Gasteiger charge is 2.30. The smallest absolute Gasteiger partial charge is 0.488 e. The summed E-state index contributed by atoms with van der Waals surface area (Å²) in [5.41, 5.74) is 2.07. The van der Waals surface area contributed by atoms with Crippen LogP contribution in [0.15, 0.2) is 36.5 Å². The van der Waals surface area contributed by atoms with Gasteiger partial charge in [0.2, 0.25) is 12.2 Å². The van der Waals surface area contributed by atoms with E-state index in [1.54, 1.807) is 12.1 Å². The van der Waals surface area contributed by atoms with Crippen molar-refractivity contribution in [2.45, 2.75) is 25.7 Å². The molecule has 3 aromatic rings. The topological polar surface area (TPSA) is 123 Å². The van der Waals surface area contributed by atoms with Crippen molar-refractivity contribution in [3.8, 4) is 11.5 Å². The van der Waals surface area contributed by atoms with E-state index < -0.39 is 30.4 Å². The zero-order valence-corrected chi connectivity index (χ0v) is 24.3. The number of rotatable bonds is 10. The first-order valence-corrected chi connectivity index (χ1v) is 16.2. The zero-order chi connectivity index (χ0) is 30.1. The Bertz CT molecular complexity index is 1610. The van der Waals surface area contributed by atoms with Crippen molar-refractivity contribution in [2.75, 3.05) is 37.6 Å². The van der Waals surface area contributed by atoms with Crippen molar-refractivity contribution in [2.24, 2.45) is 0 Å². The lowest BCUT2D eigenvalue weighted by Gasteiger charge is -2.31. The molecule has 2 aromatic carbocycles. The summed E-state index contributed by atoms with van der Waals surface area (Å²) >= 11 is 6.29. The van der Waals surface area contributed by atoms with Gasteiger partial charge in [-0.25, -0.2) is 18.2 Å². The summed E-state index contributed by atoms with van der Waals surface area (Å²) in [7, 11) is -6.92. The maximum Gasteiger partial charge on any atom is 0.488 e. The normalized spacial score (nSPS) is 14.9. The standard InChI is InChI=1S/C24H25ClF4N5O5PS/c1-38-19-9-13-6-7-34(22(28)21(26)27)12-14(13)8-18(19)32-24-30-11-16(25)23(33-24)31-17-5-4-15(39-41(29,36)37)10-20(17)40(2,3)35/h4-5,8-11,21-22H,6-7,12H2,1-3H3,(H2,30,31,32,33). The van der Waals surface area contributed by atoms with Gasteiger partial charge in [-0.3, -0.25) is 4.90 Å². The van der Waals surface area contributed by atoms with Crippen LogP contribution in [0.5, 0.6) is 11.5 Å². The van der Waals surface area contributed by atoms with Crippen molar-refractivity contribution >= 4 is 57.7 Å². The van der Waals surface area contributed by atoms with E-state index in [1.165, 1.54) is 32.7 Å². The monoisotopic (exact) mass is 637 g/mol. The first-order chi connectivity index (χ1) is 19.1. The molecule has 1 aliphatic rings. The van der Waals surface area contributed by atoms with Gasteiger partial charge < -0.3 is 24.1 Å². The maximum absolute atomic E-state index is 14.0. The number of nitrogens with zero attached hydrogens (tertiary/aromatic N) is 3. The van der Waals surface area contributed by atoms with E-state index in [2.05, 4.69) is 24.8 Å². The Labute approximate surface area is 238 Å². The molecule has 17 heteroatoms. The number of benzene rings is 2. The van der Waals surface area contributed by atoms with Crippen molar-refractivity contribution in [3.05, 3.63) is 52.7 Å². The Balaban J connectivity index is 1.63. The van der Waals surface area contributed by atoms with Crippen LogP contribution < -0.4 is 24.9 Å². The average Bonchev–Trinajstić information content (AvgIpc) is 2.88. The quantitative estimate of drug-likeness (QED) is 0.130. The number of anilines is 4. The molecule has 2 heterocycles. The first kappa shape index (κ1) is 30.8. The Morgan fingerprint density at radius 2 is 1.83 bits per heavy atom. The summed E-state index contributed by atoms with van der Waals surface area (Å²) in [6, 6.07) is 6.99. The maximum atomic E-state index is 14.0. The largest absolute Gasteiger partial charge is 0.495 e. The molecule has 1 atom stereocenters. The van der Waals surface area contributed by atoms with E-state index in [-0.39, 0.29) is 46.6 Å². The highest BCUT2D eigenvalue weighted by molar-refractivity contribution is 7.81. The van der Waals surface area contributed by atoms with Crippen LogP contribution in [0.25, 0.3) is 0 Å². The van der Waals surface area contributed by atoms with Gasteiger partial charge >= 0.3 is 10.5 Å². The molecule has 0 radical (unpaired) electrons. The number of halogens is 5.